The number of H-pyrrole nitrogens is 1. The molecule has 96 valence electrons. The van der Waals surface area contributed by atoms with Gasteiger partial charge in [0, 0.05) is 10.0 Å². The molecule has 4 nitrogen and oxygen atoms in total. The first kappa shape index (κ1) is 13.3. The molecule has 0 saturated carbocycles. The van der Waals surface area contributed by atoms with E-state index in [9.17, 15) is 0 Å². The largest absolute Gasteiger partial charge is 0.307 e. The molecule has 2 rings (SSSR count). The maximum atomic E-state index is 6.17. The van der Waals surface area contributed by atoms with Crippen LogP contribution in [0.5, 0.6) is 0 Å². The zero-order valence-electron chi connectivity index (χ0n) is 9.95. The monoisotopic (exact) mass is 284 g/mol. The predicted molar refractivity (Wildman–Crippen MR) is 73.0 cm³/mol. The van der Waals surface area contributed by atoms with Crippen LogP contribution >= 0.6 is 23.2 Å². The number of aromatic nitrogens is 3. The van der Waals surface area contributed by atoms with Crippen molar-refractivity contribution >= 4 is 23.2 Å². The van der Waals surface area contributed by atoms with Gasteiger partial charge in [0.05, 0.1) is 6.04 Å². The molecule has 0 spiro atoms. The Morgan fingerprint density at radius 1 is 1.39 bits per heavy atom. The van der Waals surface area contributed by atoms with E-state index in [1.165, 1.54) is 6.33 Å². The first-order chi connectivity index (χ1) is 8.70. The Morgan fingerprint density at radius 3 is 2.89 bits per heavy atom. The van der Waals surface area contributed by atoms with Crippen molar-refractivity contribution in [2.75, 3.05) is 6.54 Å². The minimum atomic E-state index is 0.0495. The van der Waals surface area contributed by atoms with E-state index >= 15 is 0 Å². The molecule has 1 atom stereocenters. The zero-order valence-corrected chi connectivity index (χ0v) is 11.5. The van der Waals surface area contributed by atoms with Crippen molar-refractivity contribution in [3.05, 3.63) is 46.0 Å². The first-order valence-corrected chi connectivity index (χ1v) is 6.49. The number of benzene rings is 1. The highest BCUT2D eigenvalue weighted by Crippen LogP contribution is 2.25. The van der Waals surface area contributed by atoms with Gasteiger partial charge in [0.1, 0.15) is 12.2 Å². The van der Waals surface area contributed by atoms with Crippen molar-refractivity contribution in [1.29, 1.82) is 0 Å². The fourth-order valence-electron chi connectivity index (χ4n) is 1.81. The molecule has 0 fully saturated rings. The molecule has 6 heteroatoms. The number of hydrogen-bond donors (Lipinski definition) is 2. The van der Waals surface area contributed by atoms with Gasteiger partial charge in [0.2, 0.25) is 0 Å². The lowest BCUT2D eigenvalue weighted by atomic mass is 10.1. The van der Waals surface area contributed by atoms with Gasteiger partial charge in [-0.05, 0) is 36.7 Å². The average Bonchev–Trinajstić information content (AvgIpc) is 2.87. The van der Waals surface area contributed by atoms with Gasteiger partial charge in [-0.1, -0.05) is 30.1 Å². The summed E-state index contributed by atoms with van der Waals surface area (Å²) in [4.78, 5) is 4.18. The van der Waals surface area contributed by atoms with E-state index in [0.29, 0.717) is 16.5 Å². The summed E-state index contributed by atoms with van der Waals surface area (Å²) >= 11 is 12.2. The Morgan fingerprint density at radius 2 is 2.22 bits per heavy atom. The zero-order chi connectivity index (χ0) is 13.0. The average molecular weight is 285 g/mol. The predicted octanol–water partition coefficient (Wildman–Crippen LogP) is 3.00. The van der Waals surface area contributed by atoms with E-state index in [-0.39, 0.29) is 6.04 Å². The van der Waals surface area contributed by atoms with Crippen LogP contribution in [-0.2, 0) is 6.42 Å². The molecule has 0 aliphatic rings. The third kappa shape index (κ3) is 3.22. The second-order valence-electron chi connectivity index (χ2n) is 3.92. The maximum absolute atomic E-state index is 6.17. The lowest BCUT2D eigenvalue weighted by Gasteiger charge is -2.16. The molecule has 1 aromatic carbocycles. The van der Waals surface area contributed by atoms with Crippen LogP contribution in [0.3, 0.4) is 0 Å². The first-order valence-electron chi connectivity index (χ1n) is 5.73. The van der Waals surface area contributed by atoms with Gasteiger partial charge in [0.15, 0.2) is 0 Å². The van der Waals surface area contributed by atoms with Crippen LogP contribution in [-0.4, -0.2) is 21.7 Å². The third-order valence-electron chi connectivity index (χ3n) is 2.65. The van der Waals surface area contributed by atoms with Gasteiger partial charge in [-0.2, -0.15) is 5.10 Å². The van der Waals surface area contributed by atoms with Crippen LogP contribution in [0.15, 0.2) is 24.5 Å². The van der Waals surface area contributed by atoms with Crippen LogP contribution in [0.1, 0.15) is 24.4 Å². The van der Waals surface area contributed by atoms with Crippen molar-refractivity contribution in [3.8, 4) is 0 Å². The van der Waals surface area contributed by atoms with Crippen molar-refractivity contribution in [1.82, 2.24) is 20.5 Å². The fourth-order valence-corrected chi connectivity index (χ4v) is 2.20. The summed E-state index contributed by atoms with van der Waals surface area (Å²) in [6.07, 6.45) is 2.21. The molecule has 0 aliphatic heterocycles. The SMILES string of the molecule is CCNC(Cc1cc(Cl)ccc1Cl)c1ncn[nH]1. The third-order valence-corrected chi connectivity index (χ3v) is 3.25. The second kappa shape index (κ2) is 6.18. The summed E-state index contributed by atoms with van der Waals surface area (Å²) in [7, 11) is 0. The number of rotatable bonds is 5. The van der Waals surface area contributed by atoms with Crippen LogP contribution < -0.4 is 5.32 Å². The highest BCUT2D eigenvalue weighted by atomic mass is 35.5. The summed E-state index contributed by atoms with van der Waals surface area (Å²) in [6, 6.07) is 5.52. The minimum absolute atomic E-state index is 0.0495. The lowest BCUT2D eigenvalue weighted by molar-refractivity contribution is 0.523. The molecular weight excluding hydrogens is 271 g/mol. The summed E-state index contributed by atoms with van der Waals surface area (Å²) in [5.41, 5.74) is 0.992. The Balaban J connectivity index is 2.21. The maximum Gasteiger partial charge on any atom is 0.141 e. The van der Waals surface area contributed by atoms with E-state index in [2.05, 4.69) is 20.5 Å². The molecular formula is C12H14Cl2N4. The Bertz CT molecular complexity index is 499. The second-order valence-corrected chi connectivity index (χ2v) is 4.76. The van der Waals surface area contributed by atoms with Crippen LogP contribution in [0, 0.1) is 0 Å². The molecule has 0 aliphatic carbocycles. The van der Waals surface area contributed by atoms with Gasteiger partial charge in [0.25, 0.3) is 0 Å². The summed E-state index contributed by atoms with van der Waals surface area (Å²) in [6.45, 7) is 2.88. The van der Waals surface area contributed by atoms with Crippen LogP contribution in [0.25, 0.3) is 0 Å². The quantitative estimate of drug-likeness (QED) is 0.888. The molecule has 1 unspecified atom stereocenters. The Hall–Kier alpha value is -1.10. The fraction of sp³-hybridized carbons (Fsp3) is 0.333. The van der Waals surface area contributed by atoms with Gasteiger partial charge in [-0.15, -0.1) is 0 Å². The summed E-state index contributed by atoms with van der Waals surface area (Å²) in [5, 5.41) is 11.5. The molecule has 1 heterocycles. The molecule has 2 N–H and O–H groups in total. The van der Waals surface area contributed by atoms with Crippen molar-refractivity contribution in [2.45, 2.75) is 19.4 Å². The number of halogens is 2. The lowest BCUT2D eigenvalue weighted by Crippen LogP contribution is -2.24. The summed E-state index contributed by atoms with van der Waals surface area (Å²) < 4.78 is 0. The number of nitrogens with one attached hydrogen (secondary N) is 2. The van der Waals surface area contributed by atoms with E-state index in [4.69, 9.17) is 23.2 Å². The van der Waals surface area contributed by atoms with Gasteiger partial charge in [-0.25, -0.2) is 4.98 Å². The number of aromatic amines is 1. The number of nitrogens with zero attached hydrogens (tertiary/aromatic N) is 2. The van der Waals surface area contributed by atoms with E-state index in [1.807, 2.05) is 19.1 Å². The van der Waals surface area contributed by atoms with Crippen molar-refractivity contribution in [2.24, 2.45) is 0 Å². The van der Waals surface area contributed by atoms with Gasteiger partial charge >= 0.3 is 0 Å². The number of likely N-dealkylation sites (N-methyl/N-ethyl adjacent to an activating group) is 1. The molecule has 1 aromatic heterocycles. The highest BCUT2D eigenvalue weighted by Gasteiger charge is 2.15. The van der Waals surface area contributed by atoms with Gasteiger partial charge < -0.3 is 5.32 Å². The topological polar surface area (TPSA) is 53.6 Å². The molecule has 0 bridgehead atoms. The molecule has 0 radical (unpaired) electrons. The van der Waals surface area contributed by atoms with Crippen molar-refractivity contribution < 1.29 is 0 Å². The van der Waals surface area contributed by atoms with Crippen LogP contribution in [0.4, 0.5) is 0 Å². The Labute approximate surface area is 116 Å². The highest BCUT2D eigenvalue weighted by molar-refractivity contribution is 6.33. The minimum Gasteiger partial charge on any atom is -0.307 e. The van der Waals surface area contributed by atoms with Crippen LogP contribution in [0.2, 0.25) is 10.0 Å². The molecule has 18 heavy (non-hydrogen) atoms. The molecule has 2 aromatic rings. The smallest absolute Gasteiger partial charge is 0.141 e. The van der Waals surface area contributed by atoms with E-state index < -0.39 is 0 Å². The molecule has 0 amide bonds. The molecule has 0 saturated heterocycles. The van der Waals surface area contributed by atoms with E-state index in [0.717, 1.165) is 17.9 Å². The standard InChI is InChI=1S/C12H14Cl2N4/c1-2-15-11(12-16-7-17-18-12)6-8-5-9(13)3-4-10(8)14/h3-5,7,11,15H,2,6H2,1H3,(H,16,17,18). The normalized spacial score (nSPS) is 12.6. The van der Waals surface area contributed by atoms with E-state index in [1.54, 1.807) is 6.07 Å². The Kier molecular flexibility index (Phi) is 4.58. The van der Waals surface area contributed by atoms with Gasteiger partial charge in [-0.3, -0.25) is 5.10 Å². The summed E-state index contributed by atoms with van der Waals surface area (Å²) in [5.74, 6) is 0.799. The van der Waals surface area contributed by atoms with Crippen molar-refractivity contribution in [3.63, 3.8) is 0 Å². The number of hydrogen-bond acceptors (Lipinski definition) is 3.